The van der Waals surface area contributed by atoms with Crippen LogP contribution in [0.1, 0.15) is 17.2 Å². The van der Waals surface area contributed by atoms with E-state index in [-0.39, 0.29) is 17.7 Å². The van der Waals surface area contributed by atoms with Gasteiger partial charge >= 0.3 is 0 Å². The van der Waals surface area contributed by atoms with E-state index in [2.05, 4.69) is 15.3 Å². The summed E-state index contributed by atoms with van der Waals surface area (Å²) in [4.78, 5) is 10.6. The van der Waals surface area contributed by atoms with Crippen LogP contribution in [0.25, 0.3) is 10.9 Å². The second kappa shape index (κ2) is 7.98. The predicted octanol–water partition coefficient (Wildman–Crippen LogP) is 3.52. The van der Waals surface area contributed by atoms with Gasteiger partial charge in [-0.2, -0.15) is 0 Å². The summed E-state index contributed by atoms with van der Waals surface area (Å²) < 4.78 is 53.4. The molecule has 1 aliphatic rings. The highest BCUT2D eigenvalue weighted by atomic mass is 19.2. The Hall–Kier alpha value is -3.07. The lowest BCUT2D eigenvalue weighted by molar-refractivity contribution is 0.355. The van der Waals surface area contributed by atoms with Crippen molar-refractivity contribution in [3.8, 4) is 11.5 Å². The van der Waals surface area contributed by atoms with E-state index >= 15 is 0 Å². The highest BCUT2D eigenvalue weighted by molar-refractivity contribution is 5.92. The third-order valence-electron chi connectivity index (χ3n) is 5.39. The molecule has 1 saturated heterocycles. The lowest BCUT2D eigenvalue weighted by Crippen LogP contribution is -2.46. The summed E-state index contributed by atoms with van der Waals surface area (Å²) in [6.07, 6.45) is 1.44. The van der Waals surface area contributed by atoms with Crippen molar-refractivity contribution in [2.75, 3.05) is 38.8 Å². The van der Waals surface area contributed by atoms with Gasteiger partial charge in [0.1, 0.15) is 18.0 Å². The Morgan fingerprint density at radius 1 is 1.03 bits per heavy atom. The molecule has 158 valence electrons. The minimum Gasteiger partial charge on any atom is -0.493 e. The maximum atomic E-state index is 14.5. The Balaban J connectivity index is 1.73. The van der Waals surface area contributed by atoms with E-state index in [1.165, 1.54) is 20.4 Å². The van der Waals surface area contributed by atoms with Crippen molar-refractivity contribution < 1.29 is 22.6 Å². The Morgan fingerprint density at radius 2 is 1.77 bits per heavy atom. The smallest absolute Gasteiger partial charge is 0.164 e. The molecule has 0 saturated carbocycles. The summed E-state index contributed by atoms with van der Waals surface area (Å²) in [5.41, 5.74) is 0.288. The molecular formula is C21H21F3N4O2. The molecule has 1 fully saturated rings. The number of piperazine rings is 1. The van der Waals surface area contributed by atoms with Crippen LogP contribution in [0.3, 0.4) is 0 Å². The van der Waals surface area contributed by atoms with Gasteiger partial charge in [0, 0.05) is 42.2 Å². The number of halogens is 3. The van der Waals surface area contributed by atoms with Gasteiger partial charge in [0.2, 0.25) is 0 Å². The molecule has 1 aliphatic heterocycles. The topological polar surface area (TPSA) is 59.5 Å². The molecule has 2 heterocycles. The molecular weight excluding hydrogens is 397 g/mol. The summed E-state index contributed by atoms with van der Waals surface area (Å²) in [7, 11) is 3.08. The number of nitrogens with zero attached hydrogens (tertiary/aromatic N) is 3. The summed E-state index contributed by atoms with van der Waals surface area (Å²) in [5, 5.41) is 3.87. The number of methoxy groups -OCH3 is 2. The molecule has 1 atom stereocenters. The molecule has 1 aromatic heterocycles. The number of anilines is 1. The van der Waals surface area contributed by atoms with E-state index in [0.717, 1.165) is 11.5 Å². The highest BCUT2D eigenvalue weighted by Crippen LogP contribution is 2.36. The van der Waals surface area contributed by atoms with Gasteiger partial charge in [-0.1, -0.05) is 0 Å². The van der Waals surface area contributed by atoms with E-state index in [1.807, 2.05) is 4.90 Å². The van der Waals surface area contributed by atoms with Crippen molar-refractivity contribution in [3.63, 3.8) is 0 Å². The number of ether oxygens (including phenoxy) is 2. The molecule has 0 bridgehead atoms. The number of rotatable bonds is 4. The van der Waals surface area contributed by atoms with Crippen LogP contribution >= 0.6 is 0 Å². The fourth-order valence-electron chi connectivity index (χ4n) is 3.73. The average Bonchev–Trinajstić information content (AvgIpc) is 2.78. The van der Waals surface area contributed by atoms with Crippen LogP contribution in [0.5, 0.6) is 11.5 Å². The maximum absolute atomic E-state index is 14.5. The van der Waals surface area contributed by atoms with E-state index in [4.69, 9.17) is 9.47 Å². The molecule has 1 N–H and O–H groups in total. The molecule has 2 aromatic carbocycles. The second-order valence-electron chi connectivity index (χ2n) is 7.07. The lowest BCUT2D eigenvalue weighted by atomic mass is 10.0. The normalized spacial score (nSPS) is 16.7. The number of hydrogen-bond donors (Lipinski definition) is 1. The zero-order chi connectivity index (χ0) is 21.4. The van der Waals surface area contributed by atoms with Gasteiger partial charge in [0.05, 0.1) is 25.8 Å². The Morgan fingerprint density at radius 3 is 2.50 bits per heavy atom. The van der Waals surface area contributed by atoms with Gasteiger partial charge < -0.3 is 19.7 Å². The first kappa shape index (κ1) is 20.2. The van der Waals surface area contributed by atoms with Crippen LogP contribution in [-0.4, -0.2) is 43.8 Å². The summed E-state index contributed by atoms with van der Waals surface area (Å²) in [6.45, 7) is 2.56. The van der Waals surface area contributed by atoms with Gasteiger partial charge in [-0.25, -0.2) is 23.1 Å². The molecule has 0 radical (unpaired) electrons. The zero-order valence-corrected chi connectivity index (χ0v) is 16.8. The summed E-state index contributed by atoms with van der Waals surface area (Å²) in [5.74, 6) is -1.27. The SMILES string of the molecule is COc1cc2ncnc(N3CCNC(c4cc(F)c(C)c(F)c4F)C3)c2cc1OC. The molecule has 4 rings (SSSR count). The first-order valence-corrected chi connectivity index (χ1v) is 9.43. The van der Waals surface area contributed by atoms with Crippen LogP contribution in [0.15, 0.2) is 24.5 Å². The first-order chi connectivity index (χ1) is 14.4. The molecule has 0 amide bonds. The number of nitrogens with one attached hydrogen (secondary N) is 1. The molecule has 9 heteroatoms. The minimum absolute atomic E-state index is 0.0436. The Labute approximate surface area is 171 Å². The molecule has 30 heavy (non-hydrogen) atoms. The van der Waals surface area contributed by atoms with Gasteiger partial charge in [-0.05, 0) is 19.1 Å². The first-order valence-electron chi connectivity index (χ1n) is 9.43. The number of fused-ring (bicyclic) bond motifs is 1. The Kier molecular flexibility index (Phi) is 5.38. The monoisotopic (exact) mass is 418 g/mol. The average molecular weight is 418 g/mol. The molecule has 3 aromatic rings. The van der Waals surface area contributed by atoms with Gasteiger partial charge in [0.15, 0.2) is 23.1 Å². The van der Waals surface area contributed by atoms with Crippen LogP contribution in [0, 0.1) is 24.4 Å². The van der Waals surface area contributed by atoms with Gasteiger partial charge in [-0.15, -0.1) is 0 Å². The van der Waals surface area contributed by atoms with Crippen molar-refractivity contribution in [1.82, 2.24) is 15.3 Å². The summed E-state index contributed by atoms with van der Waals surface area (Å²) in [6, 6.07) is 3.99. The third kappa shape index (κ3) is 3.39. The van der Waals surface area contributed by atoms with Crippen LogP contribution < -0.4 is 19.7 Å². The Bertz CT molecular complexity index is 1110. The standard InChI is InChI=1S/C21H21F3N4O2/c1-11-14(22)6-12(20(24)19(11)23)16-9-28(5-4-25-16)21-13-7-17(29-2)18(30-3)8-15(13)26-10-27-21/h6-8,10,16,25H,4-5,9H2,1-3H3. The van der Waals surface area contributed by atoms with Crippen molar-refractivity contribution in [2.24, 2.45) is 0 Å². The third-order valence-corrected chi connectivity index (χ3v) is 5.39. The van der Waals surface area contributed by atoms with Crippen LogP contribution in [0.4, 0.5) is 19.0 Å². The molecule has 0 aliphatic carbocycles. The predicted molar refractivity (Wildman–Crippen MR) is 107 cm³/mol. The van der Waals surface area contributed by atoms with E-state index in [0.29, 0.717) is 35.9 Å². The quantitative estimate of drug-likeness (QED) is 0.655. The minimum atomic E-state index is -1.16. The zero-order valence-electron chi connectivity index (χ0n) is 16.8. The fraction of sp³-hybridized carbons (Fsp3) is 0.333. The molecule has 6 nitrogen and oxygen atoms in total. The maximum Gasteiger partial charge on any atom is 0.164 e. The lowest BCUT2D eigenvalue weighted by Gasteiger charge is -2.35. The molecule has 0 spiro atoms. The van der Waals surface area contributed by atoms with E-state index < -0.39 is 23.5 Å². The van der Waals surface area contributed by atoms with Crippen molar-refractivity contribution in [1.29, 1.82) is 0 Å². The second-order valence-corrected chi connectivity index (χ2v) is 7.07. The number of benzene rings is 2. The van der Waals surface area contributed by atoms with Crippen molar-refractivity contribution in [2.45, 2.75) is 13.0 Å². The fourth-order valence-corrected chi connectivity index (χ4v) is 3.73. The van der Waals surface area contributed by atoms with Gasteiger partial charge in [0.25, 0.3) is 0 Å². The summed E-state index contributed by atoms with van der Waals surface area (Å²) >= 11 is 0. The number of aromatic nitrogens is 2. The van der Waals surface area contributed by atoms with E-state index in [9.17, 15) is 13.2 Å². The molecule has 1 unspecified atom stereocenters. The van der Waals surface area contributed by atoms with Crippen LogP contribution in [0.2, 0.25) is 0 Å². The van der Waals surface area contributed by atoms with Crippen LogP contribution in [-0.2, 0) is 0 Å². The highest BCUT2D eigenvalue weighted by Gasteiger charge is 2.28. The van der Waals surface area contributed by atoms with E-state index in [1.54, 1.807) is 19.2 Å². The van der Waals surface area contributed by atoms with Gasteiger partial charge in [-0.3, -0.25) is 0 Å². The largest absolute Gasteiger partial charge is 0.493 e. The number of hydrogen-bond acceptors (Lipinski definition) is 6. The van der Waals surface area contributed by atoms with Crippen molar-refractivity contribution in [3.05, 3.63) is 53.1 Å². The van der Waals surface area contributed by atoms with Crippen molar-refractivity contribution >= 4 is 16.7 Å².